The Hall–Kier alpha value is -1.19. The van der Waals surface area contributed by atoms with Crippen LogP contribution in [0.3, 0.4) is 0 Å². The summed E-state index contributed by atoms with van der Waals surface area (Å²) in [5.41, 5.74) is 2.32. The van der Waals surface area contributed by atoms with E-state index in [0.717, 1.165) is 0 Å². The molecule has 1 aliphatic rings. The van der Waals surface area contributed by atoms with Gasteiger partial charge in [0.15, 0.2) is 5.82 Å². The highest BCUT2D eigenvalue weighted by atomic mass is 79.9. The van der Waals surface area contributed by atoms with E-state index in [4.69, 9.17) is 11.1 Å². The lowest BCUT2D eigenvalue weighted by molar-refractivity contribution is 0.886. The third-order valence-corrected chi connectivity index (χ3v) is 2.81. The molecule has 1 saturated carbocycles. The third kappa shape index (κ3) is 4.13. The molecule has 0 unspecified atom stereocenters. The van der Waals surface area contributed by atoms with Crippen molar-refractivity contribution in [3.8, 4) is 6.07 Å². The maximum Gasteiger partial charge on any atom is 0.234 e. The maximum atomic E-state index is 8.39. The fourth-order valence-corrected chi connectivity index (χ4v) is 1.71. The summed E-state index contributed by atoms with van der Waals surface area (Å²) in [5, 5.41) is 8.39. The van der Waals surface area contributed by atoms with Gasteiger partial charge in [0.05, 0.1) is 4.47 Å². The number of rotatable bonds is 1. The zero-order chi connectivity index (χ0) is 11.8. The zero-order valence-electron chi connectivity index (χ0n) is 8.91. The predicted octanol–water partition coefficient (Wildman–Crippen LogP) is 2.35. The van der Waals surface area contributed by atoms with Gasteiger partial charge >= 0.3 is 0 Å². The minimum absolute atomic E-state index is 0.0844. The summed E-state index contributed by atoms with van der Waals surface area (Å²) < 4.78 is 0.624. The van der Waals surface area contributed by atoms with Crippen LogP contribution in [0.25, 0.3) is 0 Å². The van der Waals surface area contributed by atoms with Crippen LogP contribution in [0.15, 0.2) is 10.7 Å². The lowest BCUT2D eigenvalue weighted by Crippen LogP contribution is -2.10. The first-order chi connectivity index (χ1) is 7.77. The summed E-state index contributed by atoms with van der Waals surface area (Å²) >= 11 is 3.14. The second-order valence-corrected chi connectivity index (χ2v) is 4.27. The molecule has 1 aromatic heterocycles. The minimum Gasteiger partial charge on any atom is -0.307 e. The van der Waals surface area contributed by atoms with Gasteiger partial charge in [-0.2, -0.15) is 10.2 Å². The fourth-order valence-electron chi connectivity index (χ4n) is 1.41. The first kappa shape index (κ1) is 12.9. The maximum absolute atomic E-state index is 8.39. The Morgan fingerprint density at radius 1 is 1.31 bits per heavy atom. The molecule has 2 rings (SSSR count). The molecule has 6 heteroatoms. The fraction of sp³-hybridized carbons (Fsp3) is 0.500. The van der Waals surface area contributed by atoms with E-state index in [-0.39, 0.29) is 5.82 Å². The van der Waals surface area contributed by atoms with Crippen LogP contribution in [-0.4, -0.2) is 9.97 Å². The first-order valence-electron chi connectivity index (χ1n) is 5.17. The van der Waals surface area contributed by atoms with E-state index in [1.165, 1.54) is 38.3 Å². The highest BCUT2D eigenvalue weighted by molar-refractivity contribution is 9.10. The van der Waals surface area contributed by atoms with Crippen LogP contribution < -0.4 is 11.3 Å². The molecule has 0 atom stereocenters. The topological polar surface area (TPSA) is 87.6 Å². The Labute approximate surface area is 103 Å². The van der Waals surface area contributed by atoms with E-state index < -0.39 is 0 Å². The lowest BCUT2D eigenvalue weighted by atomic mass is 10.4. The Balaban J connectivity index is 0.000000212. The molecule has 86 valence electrons. The van der Waals surface area contributed by atoms with Crippen LogP contribution in [-0.2, 0) is 0 Å². The van der Waals surface area contributed by atoms with Crippen molar-refractivity contribution in [3.63, 3.8) is 0 Å². The number of aromatic nitrogens is 2. The van der Waals surface area contributed by atoms with Gasteiger partial charge in [0.25, 0.3) is 0 Å². The molecule has 0 spiro atoms. The molecule has 0 bridgehead atoms. The summed E-state index contributed by atoms with van der Waals surface area (Å²) in [4.78, 5) is 7.44. The van der Waals surface area contributed by atoms with E-state index in [1.54, 1.807) is 6.07 Å². The number of hydrogen-bond acceptors (Lipinski definition) is 5. The molecule has 0 aromatic carbocycles. The van der Waals surface area contributed by atoms with Gasteiger partial charge in [0.1, 0.15) is 6.07 Å². The predicted molar refractivity (Wildman–Crippen MR) is 65.3 cm³/mol. The van der Waals surface area contributed by atoms with Crippen molar-refractivity contribution in [1.29, 1.82) is 5.26 Å². The van der Waals surface area contributed by atoms with Crippen molar-refractivity contribution >= 4 is 21.7 Å². The standard InChI is InChI=1S/C5H4BrN5.C5H10/c6-3-2-9-4(1-7)10-5(3)11-8;1-2-4-5-3-1/h2H,8H2,(H,9,10,11);1-5H2. The molecule has 16 heavy (non-hydrogen) atoms. The van der Waals surface area contributed by atoms with E-state index in [0.29, 0.717) is 10.3 Å². The van der Waals surface area contributed by atoms with Crippen molar-refractivity contribution in [2.45, 2.75) is 32.1 Å². The highest BCUT2D eigenvalue weighted by Crippen LogP contribution is 2.16. The molecule has 0 amide bonds. The molecule has 1 heterocycles. The number of anilines is 1. The largest absolute Gasteiger partial charge is 0.307 e. The molecule has 0 aliphatic heterocycles. The lowest BCUT2D eigenvalue weighted by Gasteiger charge is -1.99. The zero-order valence-corrected chi connectivity index (χ0v) is 10.5. The first-order valence-corrected chi connectivity index (χ1v) is 5.96. The number of nitrogens with two attached hydrogens (primary N) is 1. The van der Waals surface area contributed by atoms with Crippen molar-refractivity contribution in [2.75, 3.05) is 5.43 Å². The van der Waals surface area contributed by atoms with Gasteiger partial charge in [-0.15, -0.1) is 0 Å². The van der Waals surface area contributed by atoms with Crippen LogP contribution >= 0.6 is 15.9 Å². The van der Waals surface area contributed by atoms with Gasteiger partial charge in [-0.3, -0.25) is 0 Å². The molecule has 5 nitrogen and oxygen atoms in total. The summed E-state index contributed by atoms with van der Waals surface area (Å²) in [7, 11) is 0. The van der Waals surface area contributed by atoms with E-state index in [2.05, 4.69) is 31.3 Å². The SMILES string of the molecule is C1CCCC1.N#Cc1ncc(Br)c(NN)n1. The minimum atomic E-state index is 0.0844. The Bertz CT molecular complexity index is 362. The van der Waals surface area contributed by atoms with E-state index >= 15 is 0 Å². The van der Waals surface area contributed by atoms with Crippen LogP contribution in [0, 0.1) is 11.3 Å². The van der Waals surface area contributed by atoms with E-state index in [1.807, 2.05) is 0 Å². The van der Waals surface area contributed by atoms with Crippen molar-refractivity contribution < 1.29 is 0 Å². The van der Waals surface area contributed by atoms with Crippen LogP contribution in [0.2, 0.25) is 0 Å². The van der Waals surface area contributed by atoms with Crippen LogP contribution in [0.4, 0.5) is 5.82 Å². The summed E-state index contributed by atoms with van der Waals surface area (Å²) in [6.45, 7) is 0. The average molecular weight is 284 g/mol. The van der Waals surface area contributed by atoms with Gasteiger partial charge in [-0.25, -0.2) is 10.8 Å². The second-order valence-electron chi connectivity index (χ2n) is 3.41. The normalized spacial score (nSPS) is 13.6. The van der Waals surface area contributed by atoms with Crippen molar-refractivity contribution in [2.24, 2.45) is 5.84 Å². The molecule has 0 saturated heterocycles. The van der Waals surface area contributed by atoms with Gasteiger partial charge in [0.2, 0.25) is 5.82 Å². The third-order valence-electron chi connectivity index (χ3n) is 2.23. The number of nitrogens with zero attached hydrogens (tertiary/aromatic N) is 3. The number of nitrogens with one attached hydrogen (secondary N) is 1. The number of nitrogen functional groups attached to an aromatic ring is 1. The Kier molecular flexibility index (Phi) is 5.75. The average Bonchev–Trinajstić information content (AvgIpc) is 2.88. The Morgan fingerprint density at radius 3 is 2.31 bits per heavy atom. The summed E-state index contributed by atoms with van der Waals surface area (Å²) in [6, 6.07) is 1.79. The molecular weight excluding hydrogens is 270 g/mol. The van der Waals surface area contributed by atoms with E-state index in [9.17, 15) is 0 Å². The van der Waals surface area contributed by atoms with Crippen LogP contribution in [0.5, 0.6) is 0 Å². The van der Waals surface area contributed by atoms with Crippen molar-refractivity contribution in [3.05, 3.63) is 16.5 Å². The van der Waals surface area contributed by atoms with Gasteiger partial charge in [-0.05, 0) is 15.9 Å². The monoisotopic (exact) mass is 283 g/mol. The second kappa shape index (κ2) is 7.14. The molecule has 3 N–H and O–H groups in total. The molecule has 1 aromatic rings. The molecular formula is C10H14BrN5. The number of hydrazine groups is 1. The van der Waals surface area contributed by atoms with Crippen LogP contribution in [0.1, 0.15) is 37.9 Å². The summed E-state index contributed by atoms with van der Waals surface area (Å²) in [5.74, 6) is 5.58. The number of nitriles is 1. The highest BCUT2D eigenvalue weighted by Gasteiger charge is 2.01. The molecule has 0 radical (unpaired) electrons. The molecule has 1 fully saturated rings. The quantitative estimate of drug-likeness (QED) is 0.610. The summed E-state index contributed by atoms with van der Waals surface area (Å²) in [6.07, 6.45) is 8.96. The van der Waals surface area contributed by atoms with Gasteiger partial charge in [0, 0.05) is 6.20 Å². The Morgan fingerprint density at radius 2 is 1.88 bits per heavy atom. The van der Waals surface area contributed by atoms with Crippen molar-refractivity contribution in [1.82, 2.24) is 9.97 Å². The van der Waals surface area contributed by atoms with Gasteiger partial charge < -0.3 is 5.43 Å². The van der Waals surface area contributed by atoms with Gasteiger partial charge in [-0.1, -0.05) is 32.1 Å². The molecule has 1 aliphatic carbocycles. The number of hydrogen-bond donors (Lipinski definition) is 2. The number of halogens is 1. The smallest absolute Gasteiger partial charge is 0.234 e.